The molecule has 0 amide bonds. The molecular formula is C29H30N4O4S. The first kappa shape index (κ1) is 25.7. The zero-order valence-corrected chi connectivity index (χ0v) is 22.5. The molecule has 1 aliphatic rings. The Morgan fingerprint density at radius 1 is 0.947 bits per heavy atom. The molecule has 3 aromatic carbocycles. The van der Waals surface area contributed by atoms with E-state index in [1.54, 1.807) is 38.1 Å². The molecule has 1 aliphatic heterocycles. The first-order valence-electron chi connectivity index (χ1n) is 12.3. The third-order valence-electron chi connectivity index (χ3n) is 6.55. The summed E-state index contributed by atoms with van der Waals surface area (Å²) >= 11 is 0. The lowest BCUT2D eigenvalue weighted by Gasteiger charge is -2.23. The number of nitrogens with one attached hydrogen (secondary N) is 2. The number of fused-ring (bicyclic) bond motifs is 4. The van der Waals surface area contributed by atoms with E-state index < -0.39 is 21.7 Å². The van der Waals surface area contributed by atoms with Crippen LogP contribution in [-0.2, 0) is 15.6 Å². The molecule has 4 aromatic rings. The number of aryl methyl sites for hydroxylation is 2. The maximum Gasteiger partial charge on any atom is 0.264 e. The average Bonchev–Trinajstić information content (AvgIpc) is 2.85. The highest BCUT2D eigenvalue weighted by Crippen LogP contribution is 2.32. The second kappa shape index (κ2) is 9.74. The SMILES string of the molecule is Cc1cccc(C)c1-c1cc2nc(n1)NS(=O)(=O)c1cccc(c1)NCC(c1ccc(C(C)(C)O)cc1)O2. The van der Waals surface area contributed by atoms with Crippen molar-refractivity contribution in [2.45, 2.75) is 44.3 Å². The summed E-state index contributed by atoms with van der Waals surface area (Å²) in [5.74, 6) is 0.160. The fourth-order valence-corrected chi connectivity index (χ4v) is 5.51. The molecule has 2 heterocycles. The molecule has 8 nitrogen and oxygen atoms in total. The van der Waals surface area contributed by atoms with E-state index in [1.165, 1.54) is 6.07 Å². The zero-order valence-electron chi connectivity index (χ0n) is 21.7. The maximum absolute atomic E-state index is 13.2. The number of hydrogen-bond acceptors (Lipinski definition) is 7. The lowest BCUT2D eigenvalue weighted by atomic mass is 9.96. The Kier molecular flexibility index (Phi) is 6.58. The van der Waals surface area contributed by atoms with Gasteiger partial charge in [0.15, 0.2) is 0 Å². The summed E-state index contributed by atoms with van der Waals surface area (Å²) in [4.78, 5) is 9.09. The monoisotopic (exact) mass is 530 g/mol. The summed E-state index contributed by atoms with van der Waals surface area (Å²) in [5, 5.41) is 13.7. The van der Waals surface area contributed by atoms with Gasteiger partial charge in [-0.3, -0.25) is 0 Å². The van der Waals surface area contributed by atoms with Gasteiger partial charge in [-0.2, -0.15) is 4.98 Å². The van der Waals surface area contributed by atoms with Crippen LogP contribution in [0.4, 0.5) is 11.6 Å². The van der Waals surface area contributed by atoms with Crippen LogP contribution in [0, 0.1) is 13.8 Å². The average molecular weight is 531 g/mol. The number of sulfonamides is 1. The van der Waals surface area contributed by atoms with Gasteiger partial charge < -0.3 is 15.2 Å². The van der Waals surface area contributed by atoms with E-state index in [0.717, 1.165) is 27.8 Å². The van der Waals surface area contributed by atoms with Crippen molar-refractivity contribution in [2.24, 2.45) is 0 Å². The molecule has 0 radical (unpaired) electrons. The van der Waals surface area contributed by atoms with Crippen LogP contribution in [0.1, 0.15) is 42.2 Å². The number of aliphatic hydroxyl groups is 1. The van der Waals surface area contributed by atoms with Gasteiger partial charge in [-0.15, -0.1) is 0 Å². The van der Waals surface area contributed by atoms with Gasteiger partial charge in [0, 0.05) is 17.3 Å². The quantitative estimate of drug-likeness (QED) is 0.328. The first-order chi connectivity index (χ1) is 18.0. The molecule has 0 fully saturated rings. The van der Waals surface area contributed by atoms with Gasteiger partial charge in [0.2, 0.25) is 11.8 Å². The van der Waals surface area contributed by atoms with E-state index in [0.29, 0.717) is 17.9 Å². The second-order valence-electron chi connectivity index (χ2n) is 9.98. The van der Waals surface area contributed by atoms with Crippen LogP contribution in [0.2, 0.25) is 0 Å². The molecule has 3 N–H and O–H groups in total. The molecule has 4 bridgehead atoms. The molecule has 9 heteroatoms. The van der Waals surface area contributed by atoms with Crippen molar-refractivity contribution in [3.63, 3.8) is 0 Å². The lowest BCUT2D eigenvalue weighted by molar-refractivity contribution is 0.0785. The molecule has 1 aromatic heterocycles. The van der Waals surface area contributed by atoms with Gasteiger partial charge in [0.25, 0.3) is 10.0 Å². The van der Waals surface area contributed by atoms with E-state index in [9.17, 15) is 13.5 Å². The predicted octanol–water partition coefficient (Wildman–Crippen LogP) is 5.33. The van der Waals surface area contributed by atoms with Crippen LogP contribution in [-0.4, -0.2) is 30.0 Å². The molecule has 38 heavy (non-hydrogen) atoms. The summed E-state index contributed by atoms with van der Waals surface area (Å²) in [6.45, 7) is 7.78. The Morgan fingerprint density at radius 2 is 1.63 bits per heavy atom. The van der Waals surface area contributed by atoms with Crippen LogP contribution in [0.25, 0.3) is 11.3 Å². The number of anilines is 2. The molecule has 0 saturated heterocycles. The highest BCUT2D eigenvalue weighted by Gasteiger charge is 2.23. The lowest BCUT2D eigenvalue weighted by Crippen LogP contribution is -2.22. The van der Waals surface area contributed by atoms with Gasteiger partial charge >= 0.3 is 0 Å². The van der Waals surface area contributed by atoms with Crippen molar-refractivity contribution in [1.29, 1.82) is 0 Å². The highest BCUT2D eigenvalue weighted by molar-refractivity contribution is 7.92. The molecule has 196 valence electrons. The number of hydrogen-bond donors (Lipinski definition) is 3. The summed E-state index contributed by atoms with van der Waals surface area (Å²) in [6.07, 6.45) is -0.473. The summed E-state index contributed by atoms with van der Waals surface area (Å²) in [7, 11) is -3.94. The third-order valence-corrected chi connectivity index (χ3v) is 7.88. The van der Waals surface area contributed by atoms with Crippen LogP contribution in [0.3, 0.4) is 0 Å². The Hall–Kier alpha value is -3.95. The van der Waals surface area contributed by atoms with Crippen molar-refractivity contribution in [3.05, 3.63) is 95.1 Å². The molecule has 1 unspecified atom stereocenters. The third kappa shape index (κ3) is 5.34. The van der Waals surface area contributed by atoms with Gasteiger partial charge in [0.05, 0.1) is 22.7 Å². The van der Waals surface area contributed by atoms with E-state index in [1.807, 2.05) is 56.3 Å². The molecule has 1 atom stereocenters. The maximum atomic E-state index is 13.2. The van der Waals surface area contributed by atoms with Gasteiger partial charge in [0.1, 0.15) is 6.10 Å². The van der Waals surface area contributed by atoms with E-state index in [4.69, 9.17) is 4.74 Å². The smallest absolute Gasteiger partial charge is 0.264 e. The van der Waals surface area contributed by atoms with Crippen LogP contribution in [0.5, 0.6) is 5.88 Å². The normalized spacial score (nSPS) is 16.7. The van der Waals surface area contributed by atoms with E-state index >= 15 is 0 Å². The summed E-state index contributed by atoms with van der Waals surface area (Å²) in [6, 6.07) is 21.8. The molecule has 5 rings (SSSR count). The van der Waals surface area contributed by atoms with Crippen LogP contribution < -0.4 is 14.8 Å². The Morgan fingerprint density at radius 3 is 2.32 bits per heavy atom. The van der Waals surface area contributed by atoms with Crippen molar-refractivity contribution in [1.82, 2.24) is 9.97 Å². The number of aromatic nitrogens is 2. The minimum absolute atomic E-state index is 0.0739. The Labute approximate surface area is 222 Å². The van der Waals surface area contributed by atoms with Gasteiger partial charge in [-0.05, 0) is 68.1 Å². The number of nitrogens with zero attached hydrogens (tertiary/aromatic N) is 2. The van der Waals surface area contributed by atoms with Crippen molar-refractivity contribution < 1.29 is 18.3 Å². The number of ether oxygens (including phenoxy) is 1. The molecular weight excluding hydrogens is 500 g/mol. The van der Waals surface area contributed by atoms with E-state index in [2.05, 4.69) is 20.0 Å². The zero-order chi connectivity index (χ0) is 27.1. The molecule has 0 aliphatic carbocycles. The highest BCUT2D eigenvalue weighted by atomic mass is 32.2. The fourth-order valence-electron chi connectivity index (χ4n) is 4.52. The minimum Gasteiger partial charge on any atom is -0.467 e. The topological polar surface area (TPSA) is 113 Å². The summed E-state index contributed by atoms with van der Waals surface area (Å²) < 4.78 is 35.3. The van der Waals surface area contributed by atoms with Crippen LogP contribution >= 0.6 is 0 Å². The largest absolute Gasteiger partial charge is 0.467 e. The van der Waals surface area contributed by atoms with Crippen LogP contribution in [0.15, 0.2) is 77.7 Å². The van der Waals surface area contributed by atoms with Gasteiger partial charge in [-0.1, -0.05) is 48.5 Å². The standard InChI is InChI=1S/C29H30N4O4S/c1-18-7-5-8-19(2)27(18)24-16-26-32-28(31-24)33-38(35,36)23-10-6-9-22(15-23)30-17-25(37-26)20-11-13-21(14-12-20)29(3,4)34/h5-16,25,30,34H,17H2,1-4H3,(H,31,32,33). The van der Waals surface area contributed by atoms with Gasteiger partial charge in [-0.25, -0.2) is 18.1 Å². The fraction of sp³-hybridized carbons (Fsp3) is 0.241. The van der Waals surface area contributed by atoms with Crippen molar-refractivity contribution in [2.75, 3.05) is 16.6 Å². The Balaban J connectivity index is 1.65. The predicted molar refractivity (Wildman–Crippen MR) is 148 cm³/mol. The number of benzene rings is 3. The number of rotatable bonds is 3. The molecule has 0 saturated carbocycles. The van der Waals surface area contributed by atoms with Crippen molar-refractivity contribution >= 4 is 21.7 Å². The van der Waals surface area contributed by atoms with Crippen molar-refractivity contribution in [3.8, 4) is 17.1 Å². The molecule has 0 spiro atoms. The summed E-state index contributed by atoms with van der Waals surface area (Å²) in [5.41, 5.74) is 4.76. The second-order valence-corrected chi connectivity index (χ2v) is 11.7. The minimum atomic E-state index is -3.94. The Bertz CT molecular complexity index is 1580. The first-order valence-corrected chi connectivity index (χ1v) is 13.8. The van der Waals surface area contributed by atoms with E-state index in [-0.39, 0.29) is 16.7 Å².